The van der Waals surface area contributed by atoms with Gasteiger partial charge in [0.2, 0.25) is 11.8 Å². The summed E-state index contributed by atoms with van der Waals surface area (Å²) in [7, 11) is -2.15. The van der Waals surface area contributed by atoms with Gasteiger partial charge in [-0.15, -0.1) is 4.40 Å². The van der Waals surface area contributed by atoms with Crippen LogP contribution in [0.25, 0.3) is 0 Å². The molecule has 0 saturated heterocycles. The maximum atomic E-state index is 12.0. The van der Waals surface area contributed by atoms with Gasteiger partial charge in [-0.2, -0.15) is 8.42 Å². The summed E-state index contributed by atoms with van der Waals surface area (Å²) in [5, 5.41) is 5.03. The highest BCUT2D eigenvalue weighted by Gasteiger charge is 2.30. The van der Waals surface area contributed by atoms with Crippen LogP contribution in [0.2, 0.25) is 0 Å². The third-order valence-corrected chi connectivity index (χ3v) is 4.50. The Hall–Kier alpha value is -2.42. The summed E-state index contributed by atoms with van der Waals surface area (Å²) in [5.41, 5.74) is 0.464. The number of sulfonamides is 1. The molecule has 0 saturated carbocycles. The summed E-state index contributed by atoms with van der Waals surface area (Å²) < 4.78 is 27.7. The number of rotatable bonds is 5. The molecule has 0 unspecified atom stereocenters. The Kier molecular flexibility index (Phi) is 4.99. The molecule has 0 radical (unpaired) electrons. The van der Waals surface area contributed by atoms with Crippen LogP contribution in [0.3, 0.4) is 0 Å². The molecule has 0 spiro atoms. The Morgan fingerprint density at radius 1 is 1.17 bits per heavy atom. The Labute approximate surface area is 134 Å². The van der Waals surface area contributed by atoms with E-state index in [0.717, 1.165) is 0 Å². The minimum atomic E-state index is -3.72. The van der Waals surface area contributed by atoms with Crippen molar-refractivity contribution in [2.24, 2.45) is 4.40 Å². The maximum Gasteiger partial charge on any atom is 0.285 e. The van der Waals surface area contributed by atoms with E-state index >= 15 is 0 Å². The van der Waals surface area contributed by atoms with E-state index in [0.29, 0.717) is 12.1 Å². The molecule has 124 valence electrons. The number of hydrogen-bond acceptors (Lipinski definition) is 5. The van der Waals surface area contributed by atoms with Gasteiger partial charge in [0.15, 0.2) is 5.84 Å². The second kappa shape index (κ2) is 6.78. The van der Waals surface area contributed by atoms with Crippen molar-refractivity contribution in [2.75, 3.05) is 26.7 Å². The summed E-state index contributed by atoms with van der Waals surface area (Å²) in [6, 6.07) is 6.44. The highest BCUT2D eigenvalue weighted by molar-refractivity contribution is 7.90. The topological polar surface area (TPSA) is 108 Å². The van der Waals surface area contributed by atoms with E-state index in [1.165, 1.54) is 11.0 Å². The van der Waals surface area contributed by atoms with Crippen LogP contribution in [0.4, 0.5) is 0 Å². The zero-order valence-corrected chi connectivity index (χ0v) is 13.7. The fourth-order valence-corrected chi connectivity index (χ4v) is 3.40. The van der Waals surface area contributed by atoms with Gasteiger partial charge in [-0.25, -0.2) is 0 Å². The number of amides is 2. The van der Waals surface area contributed by atoms with Gasteiger partial charge in [0.25, 0.3) is 10.0 Å². The van der Waals surface area contributed by atoms with E-state index in [4.69, 9.17) is 0 Å². The fourth-order valence-electron chi connectivity index (χ4n) is 2.15. The third-order valence-electron chi connectivity index (χ3n) is 3.17. The molecule has 1 aliphatic rings. The van der Waals surface area contributed by atoms with E-state index in [1.54, 1.807) is 32.2 Å². The summed E-state index contributed by atoms with van der Waals surface area (Å²) in [6.45, 7) is 2.04. The van der Waals surface area contributed by atoms with Gasteiger partial charge >= 0.3 is 0 Å². The number of nitrogens with zero attached hydrogens (tertiary/aromatic N) is 2. The van der Waals surface area contributed by atoms with Gasteiger partial charge in [0.1, 0.15) is 4.90 Å². The number of carbonyl (C=O) groups excluding carboxylic acids is 2. The van der Waals surface area contributed by atoms with Gasteiger partial charge < -0.3 is 15.5 Å². The first-order valence-corrected chi connectivity index (χ1v) is 8.48. The Balaban J connectivity index is 2.03. The predicted molar refractivity (Wildman–Crippen MR) is 84.5 cm³/mol. The third kappa shape index (κ3) is 3.86. The van der Waals surface area contributed by atoms with E-state index in [-0.39, 0.29) is 29.7 Å². The highest BCUT2D eigenvalue weighted by Crippen LogP contribution is 2.26. The van der Waals surface area contributed by atoms with Crippen molar-refractivity contribution in [3.05, 3.63) is 29.8 Å². The SMILES string of the molecule is CCNC(=O)CNC(=O)CN(C)C1=NS(=O)(=O)c2ccccc21. The smallest absolute Gasteiger partial charge is 0.285 e. The highest BCUT2D eigenvalue weighted by atomic mass is 32.2. The molecule has 0 bridgehead atoms. The first-order chi connectivity index (χ1) is 10.8. The lowest BCUT2D eigenvalue weighted by atomic mass is 10.2. The zero-order valence-electron chi connectivity index (χ0n) is 12.9. The number of hydrogen-bond donors (Lipinski definition) is 2. The monoisotopic (exact) mass is 338 g/mol. The second-order valence-corrected chi connectivity index (χ2v) is 6.54. The molecule has 2 rings (SSSR count). The van der Waals surface area contributed by atoms with Gasteiger partial charge in [-0.3, -0.25) is 9.59 Å². The van der Waals surface area contributed by atoms with Crippen LogP contribution < -0.4 is 10.6 Å². The molecular weight excluding hydrogens is 320 g/mol. The summed E-state index contributed by atoms with van der Waals surface area (Å²) in [4.78, 5) is 24.7. The van der Waals surface area contributed by atoms with Crippen LogP contribution in [0.1, 0.15) is 12.5 Å². The number of likely N-dealkylation sites (N-methyl/N-ethyl adjacent to an activating group) is 2. The number of carbonyl (C=O) groups is 2. The minimum Gasteiger partial charge on any atom is -0.355 e. The molecule has 0 aliphatic carbocycles. The number of amidine groups is 1. The molecule has 23 heavy (non-hydrogen) atoms. The van der Waals surface area contributed by atoms with Crippen LogP contribution in [0, 0.1) is 0 Å². The first kappa shape index (κ1) is 16.9. The summed E-state index contributed by atoms with van der Waals surface area (Å²) in [6.07, 6.45) is 0. The lowest BCUT2D eigenvalue weighted by Crippen LogP contribution is -2.42. The molecule has 0 fully saturated rings. The van der Waals surface area contributed by atoms with E-state index < -0.39 is 15.9 Å². The van der Waals surface area contributed by atoms with Gasteiger partial charge in [-0.1, -0.05) is 12.1 Å². The van der Waals surface area contributed by atoms with Crippen molar-refractivity contribution in [3.63, 3.8) is 0 Å². The molecule has 9 heteroatoms. The van der Waals surface area contributed by atoms with Crippen molar-refractivity contribution in [2.45, 2.75) is 11.8 Å². The van der Waals surface area contributed by atoms with Crippen molar-refractivity contribution in [1.29, 1.82) is 0 Å². The first-order valence-electron chi connectivity index (χ1n) is 7.04. The molecule has 1 aromatic rings. The number of fused-ring (bicyclic) bond motifs is 1. The maximum absolute atomic E-state index is 12.0. The van der Waals surface area contributed by atoms with Crippen LogP contribution in [0.15, 0.2) is 33.6 Å². The van der Waals surface area contributed by atoms with Crippen LogP contribution in [-0.2, 0) is 19.6 Å². The van der Waals surface area contributed by atoms with Crippen LogP contribution in [-0.4, -0.2) is 57.6 Å². The summed E-state index contributed by atoms with van der Waals surface area (Å²) in [5.74, 6) is -0.466. The predicted octanol–water partition coefficient (Wildman–Crippen LogP) is -0.680. The van der Waals surface area contributed by atoms with Crippen LogP contribution in [0.5, 0.6) is 0 Å². The number of benzene rings is 1. The summed E-state index contributed by atoms with van der Waals surface area (Å²) >= 11 is 0. The standard InChI is InChI=1S/C14H18N4O4S/c1-3-15-12(19)8-16-13(20)9-18(2)14-10-6-4-5-7-11(10)23(21,22)17-14/h4-7H,3,8-9H2,1-2H3,(H,15,19)(H,16,20). The van der Waals surface area contributed by atoms with Crippen molar-refractivity contribution >= 4 is 27.7 Å². The molecule has 1 aromatic carbocycles. The fraction of sp³-hybridized carbons (Fsp3) is 0.357. The number of nitrogens with one attached hydrogen (secondary N) is 2. The average Bonchev–Trinajstić information content (AvgIpc) is 2.78. The van der Waals surface area contributed by atoms with E-state index in [9.17, 15) is 18.0 Å². The molecule has 2 N–H and O–H groups in total. The Morgan fingerprint density at radius 2 is 1.87 bits per heavy atom. The Bertz CT molecular complexity index is 758. The molecule has 2 amide bonds. The normalized spacial score (nSPS) is 14.6. The zero-order chi connectivity index (χ0) is 17.0. The Morgan fingerprint density at radius 3 is 2.57 bits per heavy atom. The van der Waals surface area contributed by atoms with Crippen molar-refractivity contribution < 1.29 is 18.0 Å². The molecule has 0 atom stereocenters. The van der Waals surface area contributed by atoms with Gasteiger partial charge in [0, 0.05) is 19.2 Å². The molecule has 1 aliphatic heterocycles. The molecule has 8 nitrogen and oxygen atoms in total. The second-order valence-electron chi connectivity index (χ2n) is 4.97. The van der Waals surface area contributed by atoms with E-state index in [1.807, 2.05) is 0 Å². The lowest BCUT2D eigenvalue weighted by Gasteiger charge is -2.18. The van der Waals surface area contributed by atoms with Gasteiger partial charge in [-0.05, 0) is 19.1 Å². The van der Waals surface area contributed by atoms with Crippen molar-refractivity contribution in [1.82, 2.24) is 15.5 Å². The van der Waals surface area contributed by atoms with Gasteiger partial charge in [0.05, 0.1) is 13.1 Å². The van der Waals surface area contributed by atoms with Crippen molar-refractivity contribution in [3.8, 4) is 0 Å². The average molecular weight is 338 g/mol. The molecule has 1 heterocycles. The molecule has 0 aromatic heterocycles. The van der Waals surface area contributed by atoms with Crippen LogP contribution >= 0.6 is 0 Å². The minimum absolute atomic E-state index is 0.109. The lowest BCUT2D eigenvalue weighted by molar-refractivity contribution is -0.126. The molecular formula is C14H18N4O4S. The van der Waals surface area contributed by atoms with E-state index in [2.05, 4.69) is 15.0 Å². The quantitative estimate of drug-likeness (QED) is 0.739. The largest absolute Gasteiger partial charge is 0.355 e.